The Balaban J connectivity index is 2.13. The molecule has 3 heterocycles. The van der Waals surface area contributed by atoms with Crippen LogP contribution in [0.5, 0.6) is 0 Å². The Hall–Kier alpha value is -0.960. The summed E-state index contributed by atoms with van der Waals surface area (Å²) in [7, 11) is 0. The van der Waals surface area contributed by atoms with Crippen LogP contribution in [0.4, 0.5) is 0 Å². The van der Waals surface area contributed by atoms with E-state index in [4.69, 9.17) is 9.97 Å². The van der Waals surface area contributed by atoms with Gasteiger partial charge in [0.15, 0.2) is 0 Å². The molecular weight excluding hydrogens is 258 g/mol. The first-order valence-electron chi connectivity index (χ1n) is 8.31. The third kappa shape index (κ3) is 2.73. The number of hydrogen-bond donors (Lipinski definition) is 0. The minimum absolute atomic E-state index is 0.0157. The van der Waals surface area contributed by atoms with E-state index in [-0.39, 0.29) is 10.8 Å². The van der Waals surface area contributed by atoms with Crippen LogP contribution in [-0.2, 0) is 23.8 Å². The van der Waals surface area contributed by atoms with Crippen molar-refractivity contribution >= 4 is 0 Å². The highest BCUT2D eigenvalue weighted by atomic mass is 15.2. The Morgan fingerprint density at radius 3 is 2.33 bits per heavy atom. The second-order valence-electron chi connectivity index (χ2n) is 8.79. The van der Waals surface area contributed by atoms with Crippen LogP contribution in [0.2, 0.25) is 0 Å². The van der Waals surface area contributed by atoms with Gasteiger partial charge in [0.05, 0.1) is 11.4 Å². The summed E-state index contributed by atoms with van der Waals surface area (Å²) in [5.74, 6) is 1.01. The fourth-order valence-corrected chi connectivity index (χ4v) is 3.58. The topological polar surface area (TPSA) is 29.0 Å². The monoisotopic (exact) mass is 287 g/mol. The first kappa shape index (κ1) is 15.0. The van der Waals surface area contributed by atoms with E-state index in [0.29, 0.717) is 6.04 Å². The summed E-state index contributed by atoms with van der Waals surface area (Å²) < 4.78 is 0. The highest BCUT2D eigenvalue weighted by Crippen LogP contribution is 2.35. The summed E-state index contributed by atoms with van der Waals surface area (Å²) >= 11 is 0. The maximum Gasteiger partial charge on any atom is 0.134 e. The van der Waals surface area contributed by atoms with Crippen LogP contribution >= 0.6 is 0 Å². The van der Waals surface area contributed by atoms with Crippen molar-refractivity contribution in [1.82, 2.24) is 14.9 Å². The molecule has 116 valence electrons. The van der Waals surface area contributed by atoms with Gasteiger partial charge in [-0.25, -0.2) is 9.97 Å². The van der Waals surface area contributed by atoms with Gasteiger partial charge in [0.2, 0.25) is 0 Å². The zero-order chi connectivity index (χ0) is 15.4. The summed E-state index contributed by atoms with van der Waals surface area (Å²) in [6.07, 6.45) is 3.78. The summed E-state index contributed by atoms with van der Waals surface area (Å²) in [6.45, 7) is 15.8. The van der Waals surface area contributed by atoms with Crippen molar-refractivity contribution in [2.24, 2.45) is 0 Å². The van der Waals surface area contributed by atoms with Crippen molar-refractivity contribution in [1.29, 1.82) is 0 Å². The van der Waals surface area contributed by atoms with Gasteiger partial charge in [-0.15, -0.1) is 0 Å². The molecule has 3 rings (SSSR count). The predicted molar refractivity (Wildman–Crippen MR) is 86.6 cm³/mol. The zero-order valence-electron chi connectivity index (χ0n) is 14.5. The van der Waals surface area contributed by atoms with Crippen molar-refractivity contribution < 1.29 is 0 Å². The molecule has 3 nitrogen and oxygen atoms in total. The molecule has 2 aliphatic rings. The van der Waals surface area contributed by atoms with Gasteiger partial charge in [0.1, 0.15) is 5.82 Å². The molecule has 0 aromatic carbocycles. The molecule has 0 spiro atoms. The maximum atomic E-state index is 5.00. The molecule has 3 heteroatoms. The lowest BCUT2D eigenvalue weighted by Gasteiger charge is -2.35. The van der Waals surface area contributed by atoms with E-state index in [1.807, 2.05) is 0 Å². The van der Waals surface area contributed by atoms with Gasteiger partial charge in [0, 0.05) is 35.4 Å². The van der Waals surface area contributed by atoms with Crippen LogP contribution in [0.25, 0.3) is 0 Å². The third-order valence-electron chi connectivity index (χ3n) is 4.76. The van der Waals surface area contributed by atoms with Crippen LogP contribution in [0, 0.1) is 0 Å². The number of nitrogens with zero attached hydrogens (tertiary/aromatic N) is 3. The summed E-state index contributed by atoms with van der Waals surface area (Å²) in [5, 5.41) is 0. The molecule has 1 aromatic heterocycles. The van der Waals surface area contributed by atoms with Gasteiger partial charge in [0.25, 0.3) is 0 Å². The molecule has 0 amide bonds. The van der Waals surface area contributed by atoms with Gasteiger partial charge < -0.3 is 0 Å². The summed E-state index contributed by atoms with van der Waals surface area (Å²) in [4.78, 5) is 12.6. The van der Waals surface area contributed by atoms with Gasteiger partial charge in [-0.1, -0.05) is 41.5 Å². The van der Waals surface area contributed by atoms with Crippen molar-refractivity contribution in [3.8, 4) is 0 Å². The minimum atomic E-state index is 0.0157. The average Bonchev–Trinajstić information content (AvgIpc) is 2.79. The first-order chi connectivity index (χ1) is 9.66. The van der Waals surface area contributed by atoms with Crippen LogP contribution in [0.15, 0.2) is 0 Å². The average molecular weight is 287 g/mol. The summed E-state index contributed by atoms with van der Waals surface area (Å²) in [6, 6.07) is 0.716. The zero-order valence-corrected chi connectivity index (χ0v) is 14.5. The second kappa shape index (κ2) is 4.77. The molecule has 0 saturated carbocycles. The van der Waals surface area contributed by atoms with E-state index in [0.717, 1.165) is 18.8 Å². The van der Waals surface area contributed by atoms with Crippen LogP contribution < -0.4 is 0 Å². The fraction of sp³-hybridized carbons (Fsp3) is 0.778. The van der Waals surface area contributed by atoms with Crippen molar-refractivity contribution in [3.63, 3.8) is 0 Å². The van der Waals surface area contributed by atoms with E-state index < -0.39 is 0 Å². The molecule has 1 aromatic rings. The smallest absolute Gasteiger partial charge is 0.134 e. The van der Waals surface area contributed by atoms with Gasteiger partial charge >= 0.3 is 0 Å². The quantitative estimate of drug-likeness (QED) is 0.730. The third-order valence-corrected chi connectivity index (χ3v) is 4.76. The molecule has 1 fully saturated rings. The lowest BCUT2D eigenvalue weighted by atomic mass is 9.84. The van der Waals surface area contributed by atoms with Gasteiger partial charge in [-0.2, -0.15) is 0 Å². The largest absolute Gasteiger partial charge is 0.296 e. The molecule has 1 atom stereocenters. The Morgan fingerprint density at radius 2 is 1.71 bits per heavy atom. The van der Waals surface area contributed by atoms with Crippen LogP contribution in [-0.4, -0.2) is 27.5 Å². The lowest BCUT2D eigenvalue weighted by molar-refractivity contribution is 0.221. The van der Waals surface area contributed by atoms with Crippen molar-refractivity contribution in [2.75, 3.05) is 6.54 Å². The molecule has 0 bridgehead atoms. The van der Waals surface area contributed by atoms with Gasteiger partial charge in [-0.3, -0.25) is 4.90 Å². The summed E-state index contributed by atoms with van der Waals surface area (Å²) in [5.41, 5.74) is 4.10. The molecule has 1 saturated heterocycles. The highest BCUT2D eigenvalue weighted by Gasteiger charge is 2.36. The lowest BCUT2D eigenvalue weighted by Crippen LogP contribution is -2.38. The molecule has 0 radical (unpaired) electrons. The molecule has 0 aliphatic carbocycles. The van der Waals surface area contributed by atoms with E-state index in [9.17, 15) is 0 Å². The van der Waals surface area contributed by atoms with E-state index in [1.54, 1.807) is 0 Å². The fourth-order valence-electron chi connectivity index (χ4n) is 3.58. The highest BCUT2D eigenvalue weighted by molar-refractivity contribution is 5.34. The van der Waals surface area contributed by atoms with Crippen molar-refractivity contribution in [2.45, 2.75) is 84.2 Å². The maximum absolute atomic E-state index is 5.00. The predicted octanol–water partition coefficient (Wildman–Crippen LogP) is 3.59. The number of aromatic nitrogens is 2. The number of hydrogen-bond acceptors (Lipinski definition) is 3. The molecule has 0 N–H and O–H groups in total. The normalized spacial score (nSPS) is 23.0. The Kier molecular flexibility index (Phi) is 3.40. The van der Waals surface area contributed by atoms with E-state index >= 15 is 0 Å². The second-order valence-corrected chi connectivity index (χ2v) is 8.79. The van der Waals surface area contributed by atoms with E-state index in [2.05, 4.69) is 46.4 Å². The number of rotatable bonds is 0. The molecule has 2 aliphatic heterocycles. The standard InChI is InChI=1S/C18H29N3/c1-17(2,3)15-13-11-21-9-7-8-12(21)10-14(13)19-16(20-15)18(4,5)6/h12H,7-11H2,1-6H3. The first-order valence-corrected chi connectivity index (χ1v) is 8.31. The van der Waals surface area contributed by atoms with Crippen LogP contribution in [0.1, 0.15) is 77.2 Å². The molecule has 1 unspecified atom stereocenters. The Labute approximate surface area is 129 Å². The van der Waals surface area contributed by atoms with Crippen molar-refractivity contribution in [3.05, 3.63) is 22.8 Å². The Bertz CT molecular complexity index is 549. The van der Waals surface area contributed by atoms with Crippen LogP contribution in [0.3, 0.4) is 0 Å². The minimum Gasteiger partial charge on any atom is -0.296 e. The SMILES string of the molecule is CC(C)(C)c1nc2c(c(C(C)(C)C)n1)CN1CCCC1C2. The number of fused-ring (bicyclic) bond motifs is 2. The Morgan fingerprint density at radius 1 is 1.00 bits per heavy atom. The molecule has 21 heavy (non-hydrogen) atoms. The van der Waals surface area contributed by atoms with E-state index in [1.165, 1.54) is 36.3 Å². The van der Waals surface area contributed by atoms with Gasteiger partial charge in [-0.05, 0) is 19.4 Å². The molecular formula is C18H29N3.